The summed E-state index contributed by atoms with van der Waals surface area (Å²) in [4.78, 5) is 13.4. The third-order valence-corrected chi connectivity index (χ3v) is 4.56. The van der Waals surface area contributed by atoms with Crippen LogP contribution < -0.4 is 10.1 Å². The van der Waals surface area contributed by atoms with Crippen molar-refractivity contribution in [2.75, 3.05) is 6.61 Å². The van der Waals surface area contributed by atoms with Gasteiger partial charge in [-0.25, -0.2) is 0 Å². The van der Waals surface area contributed by atoms with Gasteiger partial charge in [-0.3, -0.25) is 4.79 Å². The molecule has 0 unspecified atom stereocenters. The van der Waals surface area contributed by atoms with Crippen LogP contribution in [-0.2, 0) is 4.79 Å². The Morgan fingerprint density at radius 2 is 1.84 bits per heavy atom. The molecule has 1 N–H and O–H groups in total. The fourth-order valence-electron chi connectivity index (χ4n) is 2.40. The molecular weight excluding hydrogens is 332 g/mol. The van der Waals surface area contributed by atoms with Crippen LogP contribution >= 0.6 is 11.3 Å². The van der Waals surface area contributed by atoms with Crippen molar-refractivity contribution < 1.29 is 9.53 Å². The molecule has 4 nitrogen and oxygen atoms in total. The maximum atomic E-state index is 12.3. The molecule has 0 aliphatic heterocycles. The van der Waals surface area contributed by atoms with Crippen molar-refractivity contribution in [2.24, 2.45) is 0 Å². The van der Waals surface area contributed by atoms with Gasteiger partial charge in [-0.1, -0.05) is 36.4 Å². The van der Waals surface area contributed by atoms with E-state index in [4.69, 9.17) is 10.00 Å². The minimum absolute atomic E-state index is 0.0827. The van der Waals surface area contributed by atoms with E-state index in [1.807, 2.05) is 53.9 Å². The standard InChI is InChI=1S/C20H16N2O2S/c21-13-15-8-10-17(11-9-15)24-14-19(23)22-20(18-7-4-12-25-18)16-5-2-1-3-6-16/h1-12,20H,14H2,(H,22,23)/t20-/m0/s1. The Hall–Kier alpha value is -3.10. The summed E-state index contributed by atoms with van der Waals surface area (Å²) < 4.78 is 5.50. The molecule has 0 radical (unpaired) electrons. The third-order valence-electron chi connectivity index (χ3n) is 3.62. The number of nitrogens with one attached hydrogen (secondary N) is 1. The lowest BCUT2D eigenvalue weighted by atomic mass is 10.1. The predicted molar refractivity (Wildman–Crippen MR) is 97.4 cm³/mol. The molecule has 5 heteroatoms. The summed E-state index contributed by atoms with van der Waals surface area (Å²) in [5.41, 5.74) is 1.58. The second kappa shape index (κ2) is 8.13. The van der Waals surface area contributed by atoms with E-state index in [2.05, 4.69) is 5.32 Å². The first-order valence-corrected chi connectivity index (χ1v) is 8.65. The van der Waals surface area contributed by atoms with Gasteiger partial charge in [0.15, 0.2) is 6.61 Å². The summed E-state index contributed by atoms with van der Waals surface area (Å²) in [6, 6.07) is 22.3. The fourth-order valence-corrected chi connectivity index (χ4v) is 3.20. The average molecular weight is 348 g/mol. The maximum absolute atomic E-state index is 12.3. The van der Waals surface area contributed by atoms with Crippen molar-refractivity contribution in [3.05, 3.63) is 88.1 Å². The van der Waals surface area contributed by atoms with Gasteiger partial charge in [0.1, 0.15) is 5.75 Å². The number of nitriles is 1. The van der Waals surface area contributed by atoms with Crippen LogP contribution in [0.1, 0.15) is 22.0 Å². The number of carbonyl (C=O) groups excluding carboxylic acids is 1. The van der Waals surface area contributed by atoms with E-state index in [-0.39, 0.29) is 18.6 Å². The molecule has 1 aromatic heterocycles. The van der Waals surface area contributed by atoms with Crippen LogP contribution in [0, 0.1) is 11.3 Å². The van der Waals surface area contributed by atoms with Crippen LogP contribution in [0.5, 0.6) is 5.75 Å². The summed E-state index contributed by atoms with van der Waals surface area (Å²) in [5, 5.41) is 13.8. The van der Waals surface area contributed by atoms with E-state index in [1.165, 1.54) is 0 Å². The molecule has 0 aliphatic carbocycles. The summed E-state index contributed by atoms with van der Waals surface area (Å²) in [7, 11) is 0. The Balaban J connectivity index is 1.65. The number of nitrogens with zero attached hydrogens (tertiary/aromatic N) is 1. The van der Waals surface area contributed by atoms with Crippen LogP contribution in [0.3, 0.4) is 0 Å². The molecule has 0 saturated carbocycles. The number of amides is 1. The van der Waals surface area contributed by atoms with Gasteiger partial charge in [-0.2, -0.15) is 5.26 Å². The van der Waals surface area contributed by atoms with E-state index in [0.29, 0.717) is 11.3 Å². The van der Waals surface area contributed by atoms with Gasteiger partial charge in [-0.15, -0.1) is 11.3 Å². The summed E-state index contributed by atoms with van der Waals surface area (Å²) in [6.07, 6.45) is 0. The molecule has 1 heterocycles. The first-order chi connectivity index (χ1) is 12.3. The van der Waals surface area contributed by atoms with Crippen molar-refractivity contribution >= 4 is 17.2 Å². The van der Waals surface area contributed by atoms with E-state index >= 15 is 0 Å². The second-order valence-electron chi connectivity index (χ2n) is 5.35. The second-order valence-corrected chi connectivity index (χ2v) is 6.33. The average Bonchev–Trinajstić information content (AvgIpc) is 3.20. The highest BCUT2D eigenvalue weighted by Gasteiger charge is 2.17. The molecule has 1 amide bonds. The quantitative estimate of drug-likeness (QED) is 0.735. The summed E-state index contributed by atoms with van der Waals surface area (Å²) in [6.45, 7) is -0.0827. The zero-order valence-corrected chi connectivity index (χ0v) is 14.2. The van der Waals surface area contributed by atoms with Crippen molar-refractivity contribution in [1.82, 2.24) is 5.32 Å². The highest BCUT2D eigenvalue weighted by molar-refractivity contribution is 7.10. The molecule has 25 heavy (non-hydrogen) atoms. The normalized spacial score (nSPS) is 11.3. The fraction of sp³-hybridized carbons (Fsp3) is 0.100. The highest BCUT2D eigenvalue weighted by atomic mass is 32.1. The Bertz CT molecular complexity index is 853. The number of rotatable bonds is 6. The Morgan fingerprint density at radius 3 is 2.48 bits per heavy atom. The number of carbonyl (C=O) groups is 1. The van der Waals surface area contributed by atoms with Gasteiger partial charge in [-0.05, 0) is 41.3 Å². The predicted octanol–water partition coefficient (Wildman–Crippen LogP) is 3.90. The number of hydrogen-bond acceptors (Lipinski definition) is 4. The van der Waals surface area contributed by atoms with Gasteiger partial charge in [0.2, 0.25) is 0 Å². The van der Waals surface area contributed by atoms with Crippen molar-refractivity contribution in [3.8, 4) is 11.8 Å². The Labute approximate surface area is 150 Å². The Morgan fingerprint density at radius 1 is 1.08 bits per heavy atom. The topological polar surface area (TPSA) is 62.1 Å². The van der Waals surface area contributed by atoms with E-state index < -0.39 is 0 Å². The number of thiophene rings is 1. The van der Waals surface area contributed by atoms with E-state index in [1.54, 1.807) is 35.6 Å². The first-order valence-electron chi connectivity index (χ1n) is 7.77. The lowest BCUT2D eigenvalue weighted by Crippen LogP contribution is -2.32. The van der Waals surface area contributed by atoms with Crippen LogP contribution in [0.25, 0.3) is 0 Å². The van der Waals surface area contributed by atoms with Gasteiger partial charge in [0, 0.05) is 4.88 Å². The minimum Gasteiger partial charge on any atom is -0.484 e. The summed E-state index contributed by atoms with van der Waals surface area (Å²) >= 11 is 1.60. The highest BCUT2D eigenvalue weighted by Crippen LogP contribution is 2.25. The smallest absolute Gasteiger partial charge is 0.258 e. The van der Waals surface area contributed by atoms with Gasteiger partial charge in [0.25, 0.3) is 5.91 Å². The lowest BCUT2D eigenvalue weighted by Gasteiger charge is -2.18. The maximum Gasteiger partial charge on any atom is 0.258 e. The van der Waals surface area contributed by atoms with Crippen LogP contribution in [0.15, 0.2) is 72.1 Å². The molecule has 0 aliphatic rings. The molecule has 0 saturated heterocycles. The largest absolute Gasteiger partial charge is 0.484 e. The third kappa shape index (κ3) is 4.46. The van der Waals surface area contributed by atoms with E-state index in [9.17, 15) is 4.79 Å². The zero-order valence-electron chi connectivity index (χ0n) is 13.4. The van der Waals surface area contributed by atoms with Crippen molar-refractivity contribution in [1.29, 1.82) is 5.26 Å². The number of hydrogen-bond donors (Lipinski definition) is 1. The number of benzene rings is 2. The van der Waals surface area contributed by atoms with Crippen LogP contribution in [0.2, 0.25) is 0 Å². The zero-order chi connectivity index (χ0) is 17.5. The molecular formula is C20H16N2O2S. The van der Waals surface area contributed by atoms with Gasteiger partial charge < -0.3 is 10.1 Å². The monoisotopic (exact) mass is 348 g/mol. The van der Waals surface area contributed by atoms with Gasteiger partial charge in [0.05, 0.1) is 17.7 Å². The minimum atomic E-state index is -0.202. The molecule has 3 aromatic rings. The summed E-state index contributed by atoms with van der Waals surface area (Å²) in [5.74, 6) is 0.355. The Kier molecular flexibility index (Phi) is 5.45. The van der Waals surface area contributed by atoms with E-state index in [0.717, 1.165) is 10.4 Å². The molecule has 3 rings (SSSR count). The van der Waals surface area contributed by atoms with Crippen molar-refractivity contribution in [3.63, 3.8) is 0 Å². The molecule has 1 atom stereocenters. The van der Waals surface area contributed by atoms with Crippen LogP contribution in [0.4, 0.5) is 0 Å². The van der Waals surface area contributed by atoms with Gasteiger partial charge >= 0.3 is 0 Å². The molecule has 0 spiro atoms. The molecule has 0 bridgehead atoms. The number of ether oxygens (including phenoxy) is 1. The molecule has 124 valence electrons. The van der Waals surface area contributed by atoms with Crippen molar-refractivity contribution in [2.45, 2.75) is 6.04 Å². The lowest BCUT2D eigenvalue weighted by molar-refractivity contribution is -0.123. The first kappa shape index (κ1) is 16.7. The molecule has 2 aromatic carbocycles. The SMILES string of the molecule is N#Cc1ccc(OCC(=O)N[C@@H](c2ccccc2)c2cccs2)cc1. The molecule has 0 fully saturated rings. The van der Waals surface area contributed by atoms with Crippen LogP contribution in [-0.4, -0.2) is 12.5 Å².